The Morgan fingerprint density at radius 3 is 2.55 bits per heavy atom. The molecule has 7 rings (SSSR count). The summed E-state index contributed by atoms with van der Waals surface area (Å²) < 4.78 is 21.5. The molecule has 1 saturated heterocycles. The minimum Gasteiger partial charge on any atom is -0.428 e. The molecule has 4 aliphatic rings. The predicted molar refractivity (Wildman–Crippen MR) is 161 cm³/mol. The number of hydrogen-bond acceptors (Lipinski definition) is 8. The number of carbonyl (C=O) groups excluding carboxylic acids is 2. The van der Waals surface area contributed by atoms with Gasteiger partial charge in [-0.15, -0.1) is 10.2 Å². The van der Waals surface area contributed by atoms with E-state index >= 15 is 4.39 Å². The van der Waals surface area contributed by atoms with Crippen molar-refractivity contribution in [2.45, 2.75) is 100 Å². The van der Waals surface area contributed by atoms with Crippen LogP contribution in [0.25, 0.3) is 0 Å². The highest BCUT2D eigenvalue weighted by Gasteiger charge is 2.73. The van der Waals surface area contributed by atoms with E-state index in [4.69, 9.17) is 27.6 Å². The molecule has 3 aromatic heterocycles. The lowest BCUT2D eigenvalue weighted by Gasteiger charge is -2.50. The molecular formula is C31H34Cl2FN7O3. The van der Waals surface area contributed by atoms with Crippen LogP contribution in [0.4, 0.5) is 10.2 Å². The van der Waals surface area contributed by atoms with Crippen LogP contribution in [0.5, 0.6) is 0 Å². The third kappa shape index (κ3) is 4.53. The van der Waals surface area contributed by atoms with Crippen LogP contribution in [0.1, 0.15) is 94.1 Å². The van der Waals surface area contributed by atoms with Crippen LogP contribution >= 0.6 is 23.2 Å². The first-order chi connectivity index (χ1) is 21.0. The lowest BCUT2D eigenvalue weighted by Crippen LogP contribution is -2.61. The van der Waals surface area contributed by atoms with Gasteiger partial charge < -0.3 is 15.1 Å². The maximum Gasteiger partial charge on any atom is 0.238 e. The summed E-state index contributed by atoms with van der Waals surface area (Å²) in [6.45, 7) is 4.42. The van der Waals surface area contributed by atoms with Crippen molar-refractivity contribution in [2.24, 2.45) is 5.41 Å². The second kappa shape index (κ2) is 10.7. The second-order valence-electron chi connectivity index (χ2n) is 13.5. The first-order valence-electron chi connectivity index (χ1n) is 15.2. The number of rotatable bonds is 4. The maximum atomic E-state index is 16.1. The van der Waals surface area contributed by atoms with Crippen molar-refractivity contribution in [3.63, 3.8) is 0 Å². The SMILES string of the molecule is CC1(C)CCC2(CC1)N[C@@H](C(=O)N[C@H]1CC[C@H](c3nnco3)CC1)[C@H](c1ccnc(Cl)c1F)[C@]21C(=O)Nc2nc(Cl)ccc21. The number of halogens is 3. The van der Waals surface area contributed by atoms with E-state index in [9.17, 15) is 9.59 Å². The average molecular weight is 643 g/mol. The van der Waals surface area contributed by atoms with Crippen LogP contribution < -0.4 is 16.0 Å². The molecule has 2 saturated carbocycles. The fourth-order valence-electron chi connectivity index (χ4n) is 8.33. The number of carbonyl (C=O) groups is 2. The highest BCUT2D eigenvalue weighted by Crippen LogP contribution is 2.63. The molecule has 0 bridgehead atoms. The van der Waals surface area contributed by atoms with Crippen LogP contribution in [0.3, 0.4) is 0 Å². The van der Waals surface area contributed by atoms with Crippen molar-refractivity contribution in [3.8, 4) is 0 Å². The van der Waals surface area contributed by atoms with Crippen molar-refractivity contribution in [1.82, 2.24) is 30.8 Å². The molecule has 3 aromatic rings. The Hall–Kier alpha value is -3.15. The summed E-state index contributed by atoms with van der Waals surface area (Å²) in [5.41, 5.74) is -1.41. The normalized spacial score (nSPS) is 30.3. The van der Waals surface area contributed by atoms with E-state index in [1.54, 1.807) is 12.1 Å². The number of fused-ring (bicyclic) bond motifs is 3. The zero-order chi connectivity index (χ0) is 30.9. The monoisotopic (exact) mass is 641 g/mol. The highest BCUT2D eigenvalue weighted by molar-refractivity contribution is 6.30. The first kappa shape index (κ1) is 29.6. The molecule has 3 atom stereocenters. The van der Waals surface area contributed by atoms with Crippen molar-refractivity contribution in [2.75, 3.05) is 5.32 Å². The minimum atomic E-state index is -1.36. The fraction of sp³-hybridized carbons (Fsp3) is 0.548. The molecule has 0 aromatic carbocycles. The molecule has 2 amide bonds. The number of nitrogens with zero attached hydrogens (tertiary/aromatic N) is 4. The van der Waals surface area contributed by atoms with E-state index in [2.05, 4.69) is 50.0 Å². The topological polar surface area (TPSA) is 135 Å². The summed E-state index contributed by atoms with van der Waals surface area (Å²) in [6.07, 6.45) is 8.60. The van der Waals surface area contributed by atoms with E-state index in [0.717, 1.165) is 38.5 Å². The van der Waals surface area contributed by atoms with E-state index in [0.29, 0.717) is 30.1 Å². The zero-order valence-corrected chi connectivity index (χ0v) is 26.0. The molecule has 0 radical (unpaired) electrons. The molecule has 0 unspecified atom stereocenters. The molecule has 2 aliphatic heterocycles. The van der Waals surface area contributed by atoms with Gasteiger partial charge in [0.15, 0.2) is 11.0 Å². The predicted octanol–water partition coefficient (Wildman–Crippen LogP) is 5.43. The van der Waals surface area contributed by atoms with E-state index in [1.165, 1.54) is 18.7 Å². The Bertz CT molecular complexity index is 1600. The minimum absolute atomic E-state index is 0.0440. The van der Waals surface area contributed by atoms with Gasteiger partial charge in [-0.1, -0.05) is 43.1 Å². The molecule has 10 nitrogen and oxygen atoms in total. The fourth-order valence-corrected chi connectivity index (χ4v) is 8.65. The molecule has 3 N–H and O–H groups in total. The van der Waals surface area contributed by atoms with Crippen molar-refractivity contribution in [3.05, 3.63) is 63.9 Å². The zero-order valence-electron chi connectivity index (χ0n) is 24.5. The maximum absolute atomic E-state index is 16.1. The number of aromatic nitrogens is 4. The lowest BCUT2D eigenvalue weighted by atomic mass is 9.53. The first-order valence-corrected chi connectivity index (χ1v) is 15.9. The average Bonchev–Trinajstić information content (AvgIpc) is 3.70. The summed E-state index contributed by atoms with van der Waals surface area (Å²) >= 11 is 12.5. The highest BCUT2D eigenvalue weighted by atomic mass is 35.5. The number of nitrogens with one attached hydrogen (secondary N) is 3. The number of anilines is 1. The Morgan fingerprint density at radius 1 is 1.09 bits per heavy atom. The Morgan fingerprint density at radius 2 is 1.84 bits per heavy atom. The van der Waals surface area contributed by atoms with Crippen LogP contribution in [0, 0.1) is 11.2 Å². The summed E-state index contributed by atoms with van der Waals surface area (Å²) in [4.78, 5) is 37.3. The number of hydrogen-bond donors (Lipinski definition) is 3. The van der Waals surface area contributed by atoms with Crippen molar-refractivity contribution in [1.29, 1.82) is 0 Å². The van der Waals surface area contributed by atoms with E-state index < -0.39 is 28.7 Å². The van der Waals surface area contributed by atoms with Gasteiger partial charge in [-0.25, -0.2) is 14.4 Å². The molecule has 2 spiro atoms. The Balaban J connectivity index is 1.31. The van der Waals surface area contributed by atoms with Crippen molar-refractivity contribution >= 4 is 40.8 Å². The standard InChI is InChI=1S/C31H34Cl2FN7O3/c1-29(2)10-12-30(13-11-29)31(19-7-8-20(32)38-25(19)39-28(31)43)21(18-9-14-35-24(33)22(18)34)23(40-30)26(42)37-17-5-3-16(4-6-17)27-41-36-15-44-27/h7-9,14-17,21,23,40H,3-6,10-13H2,1-2H3,(H,37,42)(H,38,39,43)/t16-,17-,21-,23+,31+/m0/s1. The van der Waals surface area contributed by atoms with Gasteiger partial charge in [-0.3, -0.25) is 14.9 Å². The summed E-state index contributed by atoms with van der Waals surface area (Å²) in [6, 6.07) is 3.93. The summed E-state index contributed by atoms with van der Waals surface area (Å²) in [5.74, 6) is -1.21. The third-order valence-electron chi connectivity index (χ3n) is 10.6. The van der Waals surface area contributed by atoms with Crippen molar-refractivity contribution < 1.29 is 18.4 Å². The van der Waals surface area contributed by atoms with Crippen LogP contribution in [-0.4, -0.2) is 49.6 Å². The van der Waals surface area contributed by atoms with Gasteiger partial charge in [0, 0.05) is 35.2 Å². The van der Waals surface area contributed by atoms with Crippen LogP contribution in [-0.2, 0) is 15.0 Å². The molecule has 5 heterocycles. The molecule has 232 valence electrons. The molecule has 2 aliphatic carbocycles. The molecular weight excluding hydrogens is 608 g/mol. The third-order valence-corrected chi connectivity index (χ3v) is 11.1. The smallest absolute Gasteiger partial charge is 0.238 e. The summed E-state index contributed by atoms with van der Waals surface area (Å²) in [5, 5.41) is 17.7. The quantitative estimate of drug-likeness (QED) is 0.321. The molecule has 3 fully saturated rings. The van der Waals surface area contributed by atoms with E-state index in [1.807, 2.05) is 0 Å². The lowest BCUT2D eigenvalue weighted by molar-refractivity contribution is -0.125. The number of pyridine rings is 2. The second-order valence-corrected chi connectivity index (χ2v) is 14.2. The van der Waals surface area contributed by atoms with Gasteiger partial charge in [0.2, 0.25) is 24.1 Å². The van der Waals surface area contributed by atoms with E-state index in [-0.39, 0.29) is 45.1 Å². The molecule has 13 heteroatoms. The van der Waals surface area contributed by atoms with Gasteiger partial charge in [-0.05, 0) is 74.5 Å². The Kier molecular flexibility index (Phi) is 7.21. The van der Waals surface area contributed by atoms with Crippen LogP contribution in [0.15, 0.2) is 35.2 Å². The van der Waals surface area contributed by atoms with Gasteiger partial charge in [-0.2, -0.15) is 0 Å². The largest absolute Gasteiger partial charge is 0.428 e. The van der Waals surface area contributed by atoms with Crippen LogP contribution in [0.2, 0.25) is 10.3 Å². The summed E-state index contributed by atoms with van der Waals surface area (Å²) in [7, 11) is 0. The molecule has 44 heavy (non-hydrogen) atoms. The van der Waals surface area contributed by atoms with Gasteiger partial charge in [0.05, 0.1) is 6.04 Å². The number of amides is 2. The van der Waals surface area contributed by atoms with Gasteiger partial charge >= 0.3 is 0 Å². The van der Waals surface area contributed by atoms with Gasteiger partial charge in [0.25, 0.3) is 0 Å². The van der Waals surface area contributed by atoms with Gasteiger partial charge in [0.1, 0.15) is 16.4 Å². The Labute approximate surface area is 264 Å².